The second kappa shape index (κ2) is 9.39. The highest BCUT2D eigenvalue weighted by Crippen LogP contribution is 2.47. The second-order valence-electron chi connectivity index (χ2n) is 8.66. The van der Waals surface area contributed by atoms with Gasteiger partial charge < -0.3 is 19.1 Å². The summed E-state index contributed by atoms with van der Waals surface area (Å²) in [4.78, 5) is 12.3. The zero-order valence-electron chi connectivity index (χ0n) is 18.8. The van der Waals surface area contributed by atoms with Gasteiger partial charge in [0.05, 0.1) is 26.1 Å². The van der Waals surface area contributed by atoms with E-state index in [4.69, 9.17) is 37.2 Å². The summed E-state index contributed by atoms with van der Waals surface area (Å²) in [7, 11) is 0. The van der Waals surface area contributed by atoms with E-state index in [1.54, 1.807) is 48.2 Å². The molecule has 1 saturated carbocycles. The minimum absolute atomic E-state index is 0.191. The Morgan fingerprint density at radius 2 is 1.89 bits per heavy atom. The molecular formula is C27H19Cl2NO5S. The van der Waals surface area contributed by atoms with E-state index >= 15 is 0 Å². The first-order valence-electron chi connectivity index (χ1n) is 11.3. The van der Waals surface area contributed by atoms with Crippen molar-refractivity contribution < 1.29 is 23.9 Å². The summed E-state index contributed by atoms with van der Waals surface area (Å²) in [5, 5.41) is 14.6. The number of aromatic nitrogens is 1. The number of carbonyl (C=O) groups is 1. The van der Waals surface area contributed by atoms with Crippen molar-refractivity contribution >= 4 is 40.9 Å². The third kappa shape index (κ3) is 4.43. The predicted octanol–water partition coefficient (Wildman–Crippen LogP) is 8.20. The molecule has 0 atom stereocenters. The van der Waals surface area contributed by atoms with Crippen LogP contribution in [-0.2, 0) is 12.4 Å². The van der Waals surface area contributed by atoms with Crippen molar-refractivity contribution in [3.05, 3.63) is 87.1 Å². The van der Waals surface area contributed by atoms with Crippen LogP contribution in [0.5, 0.6) is 17.2 Å². The smallest absolute Gasteiger partial charge is 0.335 e. The molecule has 1 N–H and O–H groups in total. The number of carboxylic acids is 1. The molecule has 36 heavy (non-hydrogen) atoms. The molecule has 0 radical (unpaired) electrons. The molecule has 1 aliphatic carbocycles. The lowest BCUT2D eigenvalue weighted by atomic mass is 10.0. The highest BCUT2D eigenvalue weighted by molar-refractivity contribution is 7.98. The summed E-state index contributed by atoms with van der Waals surface area (Å²) >= 11 is 14.5. The van der Waals surface area contributed by atoms with Crippen LogP contribution in [0.2, 0.25) is 10.0 Å². The minimum Gasteiger partial charge on any atom is -0.489 e. The molecule has 1 aliphatic heterocycles. The maximum absolute atomic E-state index is 11.4. The van der Waals surface area contributed by atoms with Crippen molar-refractivity contribution in [2.75, 3.05) is 0 Å². The number of hydrogen-bond donors (Lipinski definition) is 1. The van der Waals surface area contributed by atoms with E-state index < -0.39 is 5.97 Å². The first-order chi connectivity index (χ1) is 17.5. The Kier molecular flexibility index (Phi) is 6.07. The van der Waals surface area contributed by atoms with Crippen LogP contribution in [-0.4, -0.2) is 16.2 Å². The molecular weight excluding hydrogens is 521 g/mol. The van der Waals surface area contributed by atoms with Gasteiger partial charge in [-0.05, 0) is 55.3 Å². The fourth-order valence-corrected chi connectivity index (χ4v) is 5.73. The summed E-state index contributed by atoms with van der Waals surface area (Å²) in [5.41, 5.74) is 3.21. The molecule has 182 valence electrons. The van der Waals surface area contributed by atoms with Gasteiger partial charge in [0.2, 0.25) is 0 Å². The van der Waals surface area contributed by atoms with Gasteiger partial charge in [-0.3, -0.25) is 0 Å². The minimum atomic E-state index is -0.987. The van der Waals surface area contributed by atoms with E-state index in [1.807, 2.05) is 18.2 Å². The topological polar surface area (TPSA) is 81.8 Å². The number of halogens is 2. The fraction of sp³-hybridized carbons (Fsp3) is 0.185. The van der Waals surface area contributed by atoms with Crippen molar-refractivity contribution in [1.82, 2.24) is 5.16 Å². The molecule has 2 heterocycles. The van der Waals surface area contributed by atoms with E-state index in [0.29, 0.717) is 50.2 Å². The van der Waals surface area contributed by atoms with Crippen LogP contribution in [0.25, 0.3) is 11.3 Å². The number of rotatable bonds is 6. The fourth-order valence-electron chi connectivity index (χ4n) is 4.15. The van der Waals surface area contributed by atoms with Crippen LogP contribution in [0.4, 0.5) is 0 Å². The molecule has 6 rings (SSSR count). The van der Waals surface area contributed by atoms with Crippen molar-refractivity contribution in [2.24, 2.45) is 0 Å². The van der Waals surface area contributed by atoms with Crippen LogP contribution in [0.1, 0.15) is 46.0 Å². The van der Waals surface area contributed by atoms with Gasteiger partial charge >= 0.3 is 5.97 Å². The average Bonchev–Trinajstić information content (AvgIpc) is 3.65. The molecule has 2 aliphatic rings. The monoisotopic (exact) mass is 539 g/mol. The van der Waals surface area contributed by atoms with Crippen molar-refractivity contribution in [2.45, 2.75) is 36.0 Å². The zero-order chi connectivity index (χ0) is 24.8. The van der Waals surface area contributed by atoms with Gasteiger partial charge in [-0.1, -0.05) is 40.5 Å². The highest BCUT2D eigenvalue weighted by atomic mass is 35.5. The largest absolute Gasteiger partial charge is 0.489 e. The number of benzene rings is 3. The van der Waals surface area contributed by atoms with Crippen LogP contribution in [0, 0.1) is 0 Å². The normalized spacial score (nSPS) is 14.4. The standard InChI is InChI=1S/C27H19Cl2NO5S/c28-19-2-1-3-20(29)24(19)25-18(26(35-30-25)14-4-5-14)12-33-17-8-9-21-23(11-17)36-13-16-7-6-15(27(31)32)10-22(16)34-21/h1-3,6-11,14H,4-5,12-13H2,(H,31,32). The Bertz CT molecular complexity index is 1480. The number of fused-ring (bicyclic) bond motifs is 2. The van der Waals surface area contributed by atoms with E-state index in [0.717, 1.165) is 34.6 Å². The van der Waals surface area contributed by atoms with Gasteiger partial charge in [0.25, 0.3) is 0 Å². The van der Waals surface area contributed by atoms with Gasteiger partial charge in [-0.15, -0.1) is 11.8 Å². The van der Waals surface area contributed by atoms with E-state index in [2.05, 4.69) is 5.16 Å². The molecule has 0 amide bonds. The summed E-state index contributed by atoms with van der Waals surface area (Å²) in [5.74, 6) is 2.68. The number of carboxylic acid groups (broad SMARTS) is 1. The lowest BCUT2D eigenvalue weighted by molar-refractivity contribution is 0.0696. The van der Waals surface area contributed by atoms with Gasteiger partial charge in [0.15, 0.2) is 0 Å². The zero-order valence-corrected chi connectivity index (χ0v) is 21.1. The van der Waals surface area contributed by atoms with Gasteiger partial charge in [-0.25, -0.2) is 4.79 Å². The Labute approximate surface area is 221 Å². The number of nitrogens with zero attached hydrogens (tertiary/aromatic N) is 1. The lowest BCUT2D eigenvalue weighted by Crippen LogP contribution is -2.00. The first kappa shape index (κ1) is 23.3. The molecule has 0 bridgehead atoms. The SMILES string of the molecule is O=C(O)c1ccc2c(c1)Oc1ccc(OCc3c(-c4c(Cl)cccc4Cl)noc3C3CC3)cc1SC2. The molecule has 0 spiro atoms. The van der Waals surface area contributed by atoms with Crippen LogP contribution < -0.4 is 9.47 Å². The van der Waals surface area contributed by atoms with Gasteiger partial charge in [0.1, 0.15) is 35.3 Å². The third-order valence-electron chi connectivity index (χ3n) is 6.18. The summed E-state index contributed by atoms with van der Waals surface area (Å²) < 4.78 is 18.0. The number of hydrogen-bond acceptors (Lipinski definition) is 6. The quantitative estimate of drug-likeness (QED) is 0.264. The molecule has 3 aromatic carbocycles. The van der Waals surface area contributed by atoms with E-state index in [9.17, 15) is 9.90 Å². The highest BCUT2D eigenvalue weighted by Gasteiger charge is 2.33. The van der Waals surface area contributed by atoms with E-state index in [-0.39, 0.29) is 12.2 Å². The second-order valence-corrected chi connectivity index (χ2v) is 10.5. The Morgan fingerprint density at radius 1 is 1.08 bits per heavy atom. The number of thioether (sulfide) groups is 1. The summed E-state index contributed by atoms with van der Waals surface area (Å²) in [6.07, 6.45) is 2.10. The summed E-state index contributed by atoms with van der Waals surface area (Å²) in [6.45, 7) is 0.249. The van der Waals surface area contributed by atoms with Crippen LogP contribution in [0.15, 0.2) is 64.0 Å². The lowest BCUT2D eigenvalue weighted by Gasteiger charge is -2.12. The van der Waals surface area contributed by atoms with Crippen molar-refractivity contribution in [3.8, 4) is 28.5 Å². The number of ether oxygens (including phenoxy) is 2. The first-order valence-corrected chi connectivity index (χ1v) is 13.1. The third-order valence-corrected chi connectivity index (χ3v) is 7.90. The van der Waals surface area contributed by atoms with Gasteiger partial charge in [0, 0.05) is 22.8 Å². The van der Waals surface area contributed by atoms with Gasteiger partial charge in [-0.2, -0.15) is 0 Å². The Balaban J connectivity index is 1.27. The molecule has 6 nitrogen and oxygen atoms in total. The van der Waals surface area contributed by atoms with Crippen LogP contribution in [0.3, 0.4) is 0 Å². The number of aromatic carboxylic acids is 1. The van der Waals surface area contributed by atoms with Crippen LogP contribution >= 0.6 is 35.0 Å². The van der Waals surface area contributed by atoms with Crippen molar-refractivity contribution in [1.29, 1.82) is 0 Å². The molecule has 1 fully saturated rings. The average molecular weight is 540 g/mol. The molecule has 4 aromatic rings. The maximum atomic E-state index is 11.4. The molecule has 0 saturated heterocycles. The Hall–Kier alpha value is -3.13. The van der Waals surface area contributed by atoms with E-state index in [1.165, 1.54) is 0 Å². The van der Waals surface area contributed by atoms with Crippen molar-refractivity contribution in [3.63, 3.8) is 0 Å². The summed E-state index contributed by atoms with van der Waals surface area (Å²) in [6, 6.07) is 15.9. The molecule has 1 aromatic heterocycles. The predicted molar refractivity (Wildman–Crippen MR) is 138 cm³/mol. The molecule has 0 unspecified atom stereocenters. The maximum Gasteiger partial charge on any atom is 0.335 e. The Morgan fingerprint density at radius 3 is 2.64 bits per heavy atom. The molecule has 9 heteroatoms.